The van der Waals surface area contributed by atoms with Gasteiger partial charge in [0.2, 0.25) is 0 Å². The fourth-order valence-corrected chi connectivity index (χ4v) is 1.77. The van der Waals surface area contributed by atoms with E-state index >= 15 is 0 Å². The fraction of sp³-hybridized carbons (Fsp3) is 0.455. The van der Waals surface area contributed by atoms with E-state index in [1.807, 2.05) is 12.3 Å². The number of nitriles is 1. The maximum atomic E-state index is 8.75. The molecule has 1 saturated heterocycles. The minimum atomic E-state index is 0.518. The molecule has 3 nitrogen and oxygen atoms in total. The third kappa shape index (κ3) is 1.91. The number of nitrogens with zero attached hydrogens (tertiary/aromatic N) is 2. The molecule has 72 valence electrons. The molecule has 1 aromatic heterocycles. The second-order valence-electron chi connectivity index (χ2n) is 3.51. The van der Waals surface area contributed by atoms with Crippen LogP contribution in [0.15, 0.2) is 18.5 Å². The third-order valence-corrected chi connectivity index (χ3v) is 2.58. The van der Waals surface area contributed by atoms with Crippen molar-refractivity contribution >= 4 is 0 Å². The van der Waals surface area contributed by atoms with E-state index < -0.39 is 0 Å². The summed E-state index contributed by atoms with van der Waals surface area (Å²) in [6.45, 7) is 1.64. The zero-order valence-corrected chi connectivity index (χ0v) is 7.94. The summed E-state index contributed by atoms with van der Waals surface area (Å²) in [4.78, 5) is 4.07. The number of hydrogen-bond donors (Lipinski definition) is 0. The Hall–Kier alpha value is -1.40. The maximum absolute atomic E-state index is 8.75. The molecule has 1 aliphatic heterocycles. The van der Waals surface area contributed by atoms with Gasteiger partial charge in [0.25, 0.3) is 0 Å². The molecular weight excluding hydrogens is 176 g/mol. The highest BCUT2D eigenvalue weighted by atomic mass is 16.5. The summed E-state index contributed by atoms with van der Waals surface area (Å²) in [5.41, 5.74) is 1.82. The van der Waals surface area contributed by atoms with Crippen molar-refractivity contribution in [3.05, 3.63) is 29.6 Å². The van der Waals surface area contributed by atoms with Gasteiger partial charge in [-0.2, -0.15) is 5.26 Å². The van der Waals surface area contributed by atoms with Crippen molar-refractivity contribution in [2.24, 2.45) is 0 Å². The van der Waals surface area contributed by atoms with E-state index in [0.717, 1.165) is 26.1 Å². The first-order chi connectivity index (χ1) is 6.90. The Labute approximate surface area is 83.3 Å². The van der Waals surface area contributed by atoms with E-state index in [9.17, 15) is 0 Å². The molecule has 14 heavy (non-hydrogen) atoms. The molecule has 1 aliphatic rings. The molecule has 0 bridgehead atoms. The largest absolute Gasteiger partial charge is 0.381 e. The Morgan fingerprint density at radius 1 is 1.36 bits per heavy atom. The highest BCUT2D eigenvalue weighted by Gasteiger charge is 2.16. The van der Waals surface area contributed by atoms with E-state index in [1.54, 1.807) is 6.20 Å². The SMILES string of the molecule is N#Cc1cncc(C2CCOCC2)c1. The standard InChI is InChI=1S/C11H12N2O/c12-6-9-5-11(8-13-7-9)10-1-3-14-4-2-10/h5,7-8,10H,1-4H2. The predicted molar refractivity (Wildman–Crippen MR) is 51.7 cm³/mol. The molecule has 0 spiro atoms. The van der Waals surface area contributed by atoms with Gasteiger partial charge in [0.1, 0.15) is 6.07 Å². The highest BCUT2D eigenvalue weighted by molar-refractivity contribution is 5.30. The van der Waals surface area contributed by atoms with Crippen LogP contribution in [0.3, 0.4) is 0 Å². The Balaban J connectivity index is 2.18. The van der Waals surface area contributed by atoms with Gasteiger partial charge in [-0.25, -0.2) is 0 Å². The molecule has 0 saturated carbocycles. The van der Waals surface area contributed by atoms with E-state index in [1.165, 1.54) is 5.56 Å². The second kappa shape index (κ2) is 4.21. The van der Waals surface area contributed by atoms with Gasteiger partial charge in [0, 0.05) is 25.6 Å². The summed E-state index contributed by atoms with van der Waals surface area (Å²) >= 11 is 0. The predicted octanol–water partition coefficient (Wildman–Crippen LogP) is 1.85. The molecule has 0 atom stereocenters. The number of hydrogen-bond acceptors (Lipinski definition) is 3. The van der Waals surface area contributed by atoms with Gasteiger partial charge in [-0.15, -0.1) is 0 Å². The Kier molecular flexibility index (Phi) is 2.76. The van der Waals surface area contributed by atoms with Crippen molar-refractivity contribution < 1.29 is 4.74 Å². The van der Waals surface area contributed by atoms with Gasteiger partial charge in [0.05, 0.1) is 5.56 Å². The Morgan fingerprint density at radius 3 is 2.86 bits per heavy atom. The smallest absolute Gasteiger partial charge is 0.101 e. The second-order valence-corrected chi connectivity index (χ2v) is 3.51. The zero-order valence-electron chi connectivity index (χ0n) is 7.94. The molecule has 0 unspecified atom stereocenters. The van der Waals surface area contributed by atoms with Crippen LogP contribution in [0.25, 0.3) is 0 Å². The number of aromatic nitrogens is 1. The first kappa shape index (κ1) is 9.17. The molecule has 0 radical (unpaired) electrons. The molecule has 3 heteroatoms. The van der Waals surface area contributed by atoms with Gasteiger partial charge in [-0.05, 0) is 30.4 Å². The van der Waals surface area contributed by atoms with Gasteiger partial charge in [-0.1, -0.05) is 0 Å². The van der Waals surface area contributed by atoms with Crippen molar-refractivity contribution in [1.82, 2.24) is 4.98 Å². The summed E-state index contributed by atoms with van der Waals surface area (Å²) < 4.78 is 5.29. The van der Waals surface area contributed by atoms with Crippen molar-refractivity contribution in [3.8, 4) is 6.07 Å². The lowest BCUT2D eigenvalue weighted by atomic mass is 9.92. The van der Waals surface area contributed by atoms with Crippen molar-refractivity contribution in [3.63, 3.8) is 0 Å². The first-order valence-corrected chi connectivity index (χ1v) is 4.83. The maximum Gasteiger partial charge on any atom is 0.101 e. The zero-order chi connectivity index (χ0) is 9.80. The van der Waals surface area contributed by atoms with Crippen LogP contribution < -0.4 is 0 Å². The van der Waals surface area contributed by atoms with E-state index in [0.29, 0.717) is 11.5 Å². The average Bonchev–Trinajstić information content (AvgIpc) is 2.30. The monoisotopic (exact) mass is 188 g/mol. The molecule has 0 amide bonds. The number of ether oxygens (including phenoxy) is 1. The lowest BCUT2D eigenvalue weighted by molar-refractivity contribution is 0.0852. The summed E-state index contributed by atoms with van der Waals surface area (Å²) in [6, 6.07) is 4.05. The summed E-state index contributed by atoms with van der Waals surface area (Å²) in [6.07, 6.45) is 5.53. The van der Waals surface area contributed by atoms with Gasteiger partial charge in [0.15, 0.2) is 0 Å². The van der Waals surface area contributed by atoms with Gasteiger partial charge in [-0.3, -0.25) is 4.98 Å². The lowest BCUT2D eigenvalue weighted by Crippen LogP contribution is -2.14. The minimum absolute atomic E-state index is 0.518. The van der Waals surface area contributed by atoms with Crippen molar-refractivity contribution in [1.29, 1.82) is 5.26 Å². The van der Waals surface area contributed by atoms with Crippen LogP contribution in [0.2, 0.25) is 0 Å². The normalized spacial score (nSPS) is 17.6. The lowest BCUT2D eigenvalue weighted by Gasteiger charge is -2.21. The van der Waals surface area contributed by atoms with E-state index in [4.69, 9.17) is 10.00 Å². The van der Waals surface area contributed by atoms with E-state index in [2.05, 4.69) is 11.1 Å². The minimum Gasteiger partial charge on any atom is -0.381 e. The molecule has 2 rings (SSSR count). The van der Waals surface area contributed by atoms with Crippen molar-refractivity contribution in [2.75, 3.05) is 13.2 Å². The molecular formula is C11H12N2O. The van der Waals surface area contributed by atoms with Crippen LogP contribution in [-0.2, 0) is 4.74 Å². The molecule has 0 N–H and O–H groups in total. The van der Waals surface area contributed by atoms with Gasteiger partial charge < -0.3 is 4.74 Å². The Bertz CT molecular complexity index is 351. The van der Waals surface area contributed by atoms with Crippen LogP contribution in [0.5, 0.6) is 0 Å². The molecule has 0 aromatic carbocycles. The van der Waals surface area contributed by atoms with Crippen LogP contribution in [-0.4, -0.2) is 18.2 Å². The van der Waals surface area contributed by atoms with Crippen molar-refractivity contribution in [2.45, 2.75) is 18.8 Å². The van der Waals surface area contributed by atoms with Crippen LogP contribution in [0.4, 0.5) is 0 Å². The number of rotatable bonds is 1. The fourth-order valence-electron chi connectivity index (χ4n) is 1.77. The third-order valence-electron chi connectivity index (χ3n) is 2.58. The van der Waals surface area contributed by atoms with E-state index in [-0.39, 0.29) is 0 Å². The molecule has 0 aliphatic carbocycles. The quantitative estimate of drug-likeness (QED) is 0.675. The van der Waals surface area contributed by atoms with Crippen LogP contribution in [0, 0.1) is 11.3 Å². The Morgan fingerprint density at radius 2 is 2.14 bits per heavy atom. The highest BCUT2D eigenvalue weighted by Crippen LogP contribution is 2.26. The molecule has 2 heterocycles. The summed E-state index contributed by atoms with van der Waals surface area (Å²) in [7, 11) is 0. The average molecular weight is 188 g/mol. The summed E-state index contributed by atoms with van der Waals surface area (Å²) in [5.74, 6) is 0.518. The number of pyridine rings is 1. The van der Waals surface area contributed by atoms with Gasteiger partial charge >= 0.3 is 0 Å². The summed E-state index contributed by atoms with van der Waals surface area (Å²) in [5, 5.41) is 8.75. The molecule has 1 fully saturated rings. The topological polar surface area (TPSA) is 45.9 Å². The molecule has 1 aromatic rings. The van der Waals surface area contributed by atoms with Crippen LogP contribution in [0.1, 0.15) is 29.9 Å². The first-order valence-electron chi connectivity index (χ1n) is 4.83. The van der Waals surface area contributed by atoms with Crippen LogP contribution >= 0.6 is 0 Å².